The van der Waals surface area contributed by atoms with Crippen molar-refractivity contribution in [3.63, 3.8) is 0 Å². The molecule has 17 heavy (non-hydrogen) atoms. The molecule has 0 radical (unpaired) electrons. The van der Waals surface area contributed by atoms with E-state index in [0.29, 0.717) is 5.69 Å². The molecule has 0 heterocycles. The lowest BCUT2D eigenvalue weighted by atomic mass is 10.1. The third-order valence-electron chi connectivity index (χ3n) is 2.32. The number of nitrogens with two attached hydrogens (primary N) is 1. The minimum Gasteiger partial charge on any atom is -0.508 e. The van der Waals surface area contributed by atoms with Crippen molar-refractivity contribution in [1.82, 2.24) is 0 Å². The number of hydrogen-bond donors (Lipinski definition) is 3. The Balaban J connectivity index is 2.22. The zero-order chi connectivity index (χ0) is 12.3. The fourth-order valence-corrected chi connectivity index (χ4v) is 1.53. The van der Waals surface area contributed by atoms with E-state index in [1.165, 1.54) is 6.07 Å². The molecule has 2 aromatic rings. The normalized spacial score (nSPS) is 10.8. The molecule has 0 aromatic heterocycles. The monoisotopic (exact) mass is 227 g/mol. The first-order valence-electron chi connectivity index (χ1n) is 5.20. The van der Waals surface area contributed by atoms with Crippen LogP contribution in [-0.4, -0.2) is 10.2 Å². The van der Waals surface area contributed by atoms with Crippen LogP contribution < -0.4 is 5.73 Å². The van der Waals surface area contributed by atoms with Gasteiger partial charge in [0.15, 0.2) is 0 Å². The van der Waals surface area contributed by atoms with Crippen LogP contribution in [0.25, 0.3) is 12.2 Å². The summed E-state index contributed by atoms with van der Waals surface area (Å²) < 4.78 is 0. The molecule has 0 saturated carbocycles. The number of rotatable bonds is 2. The standard InChI is InChI=1S/C14H13NO2/c15-12-7-11(8-14(17)9-12)2-1-10-3-5-13(16)6-4-10/h1-9,16-17H,15H2/b2-1+. The van der Waals surface area contributed by atoms with Crippen molar-refractivity contribution in [2.24, 2.45) is 0 Å². The van der Waals surface area contributed by atoms with Crippen molar-refractivity contribution in [3.05, 3.63) is 53.6 Å². The molecule has 4 N–H and O–H groups in total. The van der Waals surface area contributed by atoms with Crippen molar-refractivity contribution >= 4 is 17.8 Å². The zero-order valence-corrected chi connectivity index (χ0v) is 9.17. The lowest BCUT2D eigenvalue weighted by Gasteiger charge is -1.99. The summed E-state index contributed by atoms with van der Waals surface area (Å²) in [4.78, 5) is 0. The van der Waals surface area contributed by atoms with Gasteiger partial charge in [-0.3, -0.25) is 0 Å². The second kappa shape index (κ2) is 4.61. The molecule has 0 aliphatic carbocycles. The predicted octanol–water partition coefficient (Wildman–Crippen LogP) is 2.85. The quantitative estimate of drug-likeness (QED) is 0.546. The Morgan fingerprint density at radius 3 is 2.06 bits per heavy atom. The Kier molecular flexibility index (Phi) is 3.01. The SMILES string of the molecule is Nc1cc(O)cc(/C=C/c2ccc(O)cc2)c1. The highest BCUT2D eigenvalue weighted by Crippen LogP contribution is 2.19. The number of benzene rings is 2. The van der Waals surface area contributed by atoms with Gasteiger partial charge < -0.3 is 15.9 Å². The number of aromatic hydroxyl groups is 2. The molecule has 86 valence electrons. The van der Waals surface area contributed by atoms with Gasteiger partial charge in [-0.25, -0.2) is 0 Å². The van der Waals surface area contributed by atoms with Gasteiger partial charge in [-0.05, 0) is 35.4 Å². The fraction of sp³-hybridized carbons (Fsp3) is 0. The molecule has 0 aliphatic rings. The highest BCUT2D eigenvalue weighted by Gasteiger charge is 1.94. The lowest BCUT2D eigenvalue weighted by molar-refractivity contribution is 0.475. The predicted molar refractivity (Wildman–Crippen MR) is 69.6 cm³/mol. The van der Waals surface area contributed by atoms with E-state index in [0.717, 1.165) is 11.1 Å². The van der Waals surface area contributed by atoms with E-state index >= 15 is 0 Å². The molecule has 0 fully saturated rings. The van der Waals surface area contributed by atoms with Gasteiger partial charge in [-0.2, -0.15) is 0 Å². The molecule has 3 heteroatoms. The maximum atomic E-state index is 9.38. The second-order valence-corrected chi connectivity index (χ2v) is 3.78. The van der Waals surface area contributed by atoms with Crippen LogP contribution >= 0.6 is 0 Å². The molecule has 0 atom stereocenters. The Labute approximate surface area is 99.5 Å². The van der Waals surface area contributed by atoms with Crippen LogP contribution in [0.4, 0.5) is 5.69 Å². The minimum atomic E-state index is 0.148. The minimum absolute atomic E-state index is 0.148. The lowest BCUT2D eigenvalue weighted by Crippen LogP contribution is -1.84. The van der Waals surface area contributed by atoms with E-state index in [2.05, 4.69) is 0 Å². The number of phenols is 2. The van der Waals surface area contributed by atoms with Gasteiger partial charge in [0, 0.05) is 11.8 Å². The first-order chi connectivity index (χ1) is 8.13. The van der Waals surface area contributed by atoms with Gasteiger partial charge in [0.25, 0.3) is 0 Å². The molecule has 3 nitrogen and oxygen atoms in total. The van der Waals surface area contributed by atoms with Crippen LogP contribution in [0.2, 0.25) is 0 Å². The first kappa shape index (κ1) is 11.1. The molecule has 0 bridgehead atoms. The number of nitrogen functional groups attached to an aromatic ring is 1. The summed E-state index contributed by atoms with van der Waals surface area (Å²) in [6.07, 6.45) is 3.73. The van der Waals surface area contributed by atoms with E-state index in [-0.39, 0.29) is 11.5 Å². The maximum Gasteiger partial charge on any atom is 0.118 e. The summed E-state index contributed by atoms with van der Waals surface area (Å²) in [6, 6.07) is 11.8. The van der Waals surface area contributed by atoms with Gasteiger partial charge in [0.2, 0.25) is 0 Å². The largest absolute Gasteiger partial charge is 0.508 e. The number of phenolic OH excluding ortho intramolecular Hbond substituents is 2. The molecular formula is C14H13NO2. The molecule has 0 aliphatic heterocycles. The molecule has 2 rings (SSSR count). The Bertz CT molecular complexity index is 524. The topological polar surface area (TPSA) is 66.5 Å². The van der Waals surface area contributed by atoms with Gasteiger partial charge in [-0.15, -0.1) is 0 Å². The smallest absolute Gasteiger partial charge is 0.118 e. The zero-order valence-electron chi connectivity index (χ0n) is 9.17. The Morgan fingerprint density at radius 1 is 0.765 bits per heavy atom. The van der Waals surface area contributed by atoms with Gasteiger partial charge in [0.05, 0.1) is 0 Å². The summed E-state index contributed by atoms with van der Waals surface area (Å²) in [6.45, 7) is 0. The van der Waals surface area contributed by atoms with E-state index in [9.17, 15) is 5.11 Å². The highest BCUT2D eigenvalue weighted by molar-refractivity contribution is 5.72. The van der Waals surface area contributed by atoms with E-state index in [1.807, 2.05) is 12.2 Å². The Hall–Kier alpha value is -2.42. The van der Waals surface area contributed by atoms with E-state index in [4.69, 9.17) is 10.8 Å². The summed E-state index contributed by atoms with van der Waals surface area (Å²) in [5, 5.41) is 18.5. The molecular weight excluding hydrogens is 214 g/mol. The third kappa shape index (κ3) is 3.01. The molecule has 0 saturated heterocycles. The fourth-order valence-electron chi connectivity index (χ4n) is 1.53. The van der Waals surface area contributed by atoms with Crippen LogP contribution in [0.15, 0.2) is 42.5 Å². The van der Waals surface area contributed by atoms with Crippen molar-refractivity contribution < 1.29 is 10.2 Å². The molecule has 2 aromatic carbocycles. The van der Waals surface area contributed by atoms with Crippen molar-refractivity contribution in [2.45, 2.75) is 0 Å². The third-order valence-corrected chi connectivity index (χ3v) is 2.32. The number of hydrogen-bond acceptors (Lipinski definition) is 3. The summed E-state index contributed by atoms with van der Waals surface area (Å²) in [5.74, 6) is 0.388. The molecule has 0 amide bonds. The summed E-state index contributed by atoms with van der Waals surface area (Å²) in [7, 11) is 0. The average Bonchev–Trinajstić information content (AvgIpc) is 2.27. The molecule has 0 spiro atoms. The maximum absolute atomic E-state index is 9.38. The first-order valence-corrected chi connectivity index (χ1v) is 5.20. The highest BCUT2D eigenvalue weighted by atomic mass is 16.3. The van der Waals surface area contributed by atoms with Crippen molar-refractivity contribution in [2.75, 3.05) is 5.73 Å². The van der Waals surface area contributed by atoms with E-state index < -0.39 is 0 Å². The van der Waals surface area contributed by atoms with Gasteiger partial charge >= 0.3 is 0 Å². The van der Waals surface area contributed by atoms with Gasteiger partial charge in [-0.1, -0.05) is 24.3 Å². The second-order valence-electron chi connectivity index (χ2n) is 3.78. The van der Waals surface area contributed by atoms with Gasteiger partial charge in [0.1, 0.15) is 11.5 Å². The molecule has 0 unspecified atom stereocenters. The average molecular weight is 227 g/mol. The number of anilines is 1. The van der Waals surface area contributed by atoms with Crippen molar-refractivity contribution in [1.29, 1.82) is 0 Å². The van der Waals surface area contributed by atoms with Crippen molar-refractivity contribution in [3.8, 4) is 11.5 Å². The van der Waals surface area contributed by atoms with Crippen LogP contribution in [0, 0.1) is 0 Å². The van der Waals surface area contributed by atoms with Crippen LogP contribution in [0.5, 0.6) is 11.5 Å². The van der Waals surface area contributed by atoms with Crippen LogP contribution in [0.1, 0.15) is 11.1 Å². The summed E-state index contributed by atoms with van der Waals surface area (Å²) >= 11 is 0. The van der Waals surface area contributed by atoms with Crippen LogP contribution in [0.3, 0.4) is 0 Å². The summed E-state index contributed by atoms with van der Waals surface area (Å²) in [5.41, 5.74) is 7.94. The Morgan fingerprint density at radius 2 is 1.41 bits per heavy atom. The van der Waals surface area contributed by atoms with E-state index in [1.54, 1.807) is 36.4 Å². The van der Waals surface area contributed by atoms with Crippen LogP contribution in [-0.2, 0) is 0 Å².